The van der Waals surface area contributed by atoms with Crippen LogP contribution < -0.4 is 5.32 Å². The molecule has 2 rings (SSSR count). The number of hydrogen-bond donors (Lipinski definition) is 2. The molecule has 7 heteroatoms. The minimum absolute atomic E-state index is 0.0184. The van der Waals surface area contributed by atoms with Crippen molar-refractivity contribution < 1.29 is 4.79 Å². The second-order valence-corrected chi connectivity index (χ2v) is 6.26. The van der Waals surface area contributed by atoms with E-state index in [-0.39, 0.29) is 23.1 Å². The number of aromatic nitrogens is 4. The molecule has 0 aliphatic rings. The number of H-pyrrole nitrogens is 1. The second-order valence-electron chi connectivity index (χ2n) is 5.37. The van der Waals surface area contributed by atoms with Crippen LogP contribution in [0, 0.1) is 0 Å². The fraction of sp³-hybridized carbons (Fsp3) is 0.500. The molecule has 0 aromatic carbocycles. The van der Waals surface area contributed by atoms with Crippen LogP contribution in [0.5, 0.6) is 0 Å². The van der Waals surface area contributed by atoms with Gasteiger partial charge in [-0.2, -0.15) is 15.4 Å². The highest BCUT2D eigenvalue weighted by Crippen LogP contribution is 2.26. The first-order chi connectivity index (χ1) is 8.88. The van der Waals surface area contributed by atoms with Gasteiger partial charge in [-0.1, -0.05) is 20.8 Å². The maximum Gasteiger partial charge on any atom is 0.274 e. The number of nitrogens with one attached hydrogen (secondary N) is 2. The van der Waals surface area contributed by atoms with E-state index in [9.17, 15) is 4.79 Å². The van der Waals surface area contributed by atoms with E-state index in [1.54, 1.807) is 11.3 Å². The summed E-state index contributed by atoms with van der Waals surface area (Å²) in [5, 5.41) is 15.5. The summed E-state index contributed by atoms with van der Waals surface area (Å²) < 4.78 is 0. The number of hydrogen-bond acceptors (Lipinski definition) is 5. The number of thiazole rings is 1. The summed E-state index contributed by atoms with van der Waals surface area (Å²) in [4.78, 5) is 16.4. The molecule has 2 aromatic rings. The number of aromatic amines is 1. The van der Waals surface area contributed by atoms with Crippen LogP contribution in [-0.2, 0) is 5.41 Å². The Hall–Kier alpha value is -1.76. The Labute approximate surface area is 115 Å². The lowest BCUT2D eigenvalue weighted by atomic mass is 9.93. The van der Waals surface area contributed by atoms with Crippen molar-refractivity contribution in [2.75, 3.05) is 0 Å². The molecule has 1 atom stereocenters. The molecule has 102 valence electrons. The van der Waals surface area contributed by atoms with E-state index in [4.69, 9.17) is 0 Å². The Morgan fingerprint density at radius 2 is 2.21 bits per heavy atom. The number of nitrogens with zero attached hydrogens (tertiary/aromatic N) is 3. The third kappa shape index (κ3) is 3.17. The molecule has 2 aromatic heterocycles. The Kier molecular flexibility index (Phi) is 3.66. The monoisotopic (exact) mass is 279 g/mol. The highest BCUT2D eigenvalue weighted by atomic mass is 32.1. The normalized spacial score (nSPS) is 13.3. The van der Waals surface area contributed by atoms with Crippen LogP contribution in [0.15, 0.2) is 11.6 Å². The molecule has 2 heterocycles. The van der Waals surface area contributed by atoms with Crippen molar-refractivity contribution in [2.24, 2.45) is 0 Å². The van der Waals surface area contributed by atoms with E-state index < -0.39 is 0 Å². The van der Waals surface area contributed by atoms with Crippen molar-refractivity contribution in [3.05, 3.63) is 28.0 Å². The van der Waals surface area contributed by atoms with Gasteiger partial charge >= 0.3 is 0 Å². The van der Waals surface area contributed by atoms with Crippen LogP contribution in [0.3, 0.4) is 0 Å². The molecule has 6 nitrogen and oxygen atoms in total. The lowest BCUT2D eigenvalue weighted by Gasteiger charge is -2.15. The molecule has 19 heavy (non-hydrogen) atoms. The smallest absolute Gasteiger partial charge is 0.274 e. The Bertz CT molecular complexity index is 555. The van der Waals surface area contributed by atoms with E-state index in [1.165, 1.54) is 6.20 Å². The fourth-order valence-corrected chi connectivity index (χ4v) is 2.53. The van der Waals surface area contributed by atoms with Crippen molar-refractivity contribution in [1.82, 2.24) is 25.7 Å². The van der Waals surface area contributed by atoms with E-state index in [0.29, 0.717) is 0 Å². The molecule has 0 bridgehead atoms. The average Bonchev–Trinajstić information content (AvgIpc) is 3.00. The topological polar surface area (TPSA) is 83.6 Å². The van der Waals surface area contributed by atoms with Crippen molar-refractivity contribution in [2.45, 2.75) is 39.2 Å². The van der Waals surface area contributed by atoms with Crippen molar-refractivity contribution in [1.29, 1.82) is 0 Å². The zero-order valence-electron chi connectivity index (χ0n) is 11.4. The van der Waals surface area contributed by atoms with Crippen LogP contribution >= 0.6 is 11.3 Å². The predicted octanol–water partition coefficient (Wildman–Crippen LogP) is 2.05. The van der Waals surface area contributed by atoms with Crippen molar-refractivity contribution >= 4 is 17.2 Å². The highest BCUT2D eigenvalue weighted by Gasteiger charge is 2.21. The number of rotatable bonds is 3. The molecule has 1 amide bonds. The van der Waals surface area contributed by atoms with Crippen LogP contribution in [0.2, 0.25) is 0 Å². The van der Waals surface area contributed by atoms with Crippen molar-refractivity contribution in [3.63, 3.8) is 0 Å². The van der Waals surface area contributed by atoms with Gasteiger partial charge in [-0.05, 0) is 6.92 Å². The third-order valence-corrected chi connectivity index (χ3v) is 3.68. The predicted molar refractivity (Wildman–Crippen MR) is 73.1 cm³/mol. The van der Waals surface area contributed by atoms with E-state index in [1.807, 2.05) is 12.3 Å². The minimum atomic E-state index is -0.256. The zero-order valence-corrected chi connectivity index (χ0v) is 12.2. The largest absolute Gasteiger partial charge is 0.342 e. The van der Waals surface area contributed by atoms with Gasteiger partial charge in [0.05, 0.1) is 17.9 Å². The molecule has 0 spiro atoms. The van der Waals surface area contributed by atoms with Crippen molar-refractivity contribution in [3.8, 4) is 0 Å². The van der Waals surface area contributed by atoms with Crippen LogP contribution in [0.1, 0.15) is 54.9 Å². The first kappa shape index (κ1) is 13.7. The molecular formula is C12H17N5OS. The molecule has 1 unspecified atom stereocenters. The van der Waals surface area contributed by atoms with Gasteiger partial charge < -0.3 is 5.32 Å². The summed E-state index contributed by atoms with van der Waals surface area (Å²) in [7, 11) is 0. The number of carbonyl (C=O) groups is 1. The summed E-state index contributed by atoms with van der Waals surface area (Å²) in [5.74, 6) is -0.256. The van der Waals surface area contributed by atoms with Gasteiger partial charge in [0.2, 0.25) is 0 Å². The standard InChI is InChI=1S/C12H17N5OS/c1-7(14-10(18)8-5-13-17-16-8)11-15-9(6-19-11)12(2,3)4/h5-7H,1-4H3,(H,14,18)(H,13,16,17). The van der Waals surface area contributed by atoms with Gasteiger partial charge in [0.25, 0.3) is 5.91 Å². The first-order valence-electron chi connectivity index (χ1n) is 6.00. The van der Waals surface area contributed by atoms with Crippen LogP contribution in [0.4, 0.5) is 0 Å². The molecule has 0 saturated carbocycles. The summed E-state index contributed by atoms with van der Waals surface area (Å²) in [6.07, 6.45) is 1.39. The number of carbonyl (C=O) groups excluding carboxylic acids is 1. The molecule has 2 N–H and O–H groups in total. The van der Waals surface area contributed by atoms with Crippen LogP contribution in [0.25, 0.3) is 0 Å². The van der Waals surface area contributed by atoms with Gasteiger partial charge in [0, 0.05) is 10.8 Å². The second kappa shape index (κ2) is 5.08. The van der Waals surface area contributed by atoms with Gasteiger partial charge in [-0.3, -0.25) is 4.79 Å². The summed E-state index contributed by atoms with van der Waals surface area (Å²) in [6, 6.07) is -0.148. The van der Waals surface area contributed by atoms with Crippen LogP contribution in [-0.4, -0.2) is 26.3 Å². The molecular weight excluding hydrogens is 262 g/mol. The van der Waals surface area contributed by atoms with Gasteiger partial charge in [-0.15, -0.1) is 11.3 Å². The van der Waals surface area contributed by atoms with Gasteiger partial charge in [0.1, 0.15) is 5.01 Å². The highest BCUT2D eigenvalue weighted by molar-refractivity contribution is 7.09. The third-order valence-electron chi connectivity index (χ3n) is 2.66. The minimum Gasteiger partial charge on any atom is -0.342 e. The van der Waals surface area contributed by atoms with Gasteiger partial charge in [-0.25, -0.2) is 4.98 Å². The molecule has 0 radical (unpaired) electrons. The fourth-order valence-electron chi connectivity index (χ4n) is 1.47. The SMILES string of the molecule is CC(NC(=O)c1cn[nH]n1)c1nc(C(C)(C)C)cs1. The van der Waals surface area contributed by atoms with E-state index >= 15 is 0 Å². The maximum atomic E-state index is 11.8. The zero-order chi connectivity index (χ0) is 14.0. The lowest BCUT2D eigenvalue weighted by Crippen LogP contribution is -2.27. The van der Waals surface area contributed by atoms with Gasteiger partial charge in [0.15, 0.2) is 5.69 Å². The number of amides is 1. The summed E-state index contributed by atoms with van der Waals surface area (Å²) in [5.41, 5.74) is 1.33. The lowest BCUT2D eigenvalue weighted by molar-refractivity contribution is 0.0934. The molecule has 0 aliphatic heterocycles. The molecule has 0 aliphatic carbocycles. The molecule has 0 saturated heterocycles. The van der Waals surface area contributed by atoms with E-state index in [2.05, 4.69) is 46.5 Å². The Balaban J connectivity index is 2.06. The molecule has 0 fully saturated rings. The van der Waals surface area contributed by atoms with E-state index in [0.717, 1.165) is 10.7 Å². The Morgan fingerprint density at radius 3 is 2.74 bits per heavy atom. The summed E-state index contributed by atoms with van der Waals surface area (Å²) in [6.45, 7) is 8.25. The quantitative estimate of drug-likeness (QED) is 0.900. The average molecular weight is 279 g/mol. The Morgan fingerprint density at radius 1 is 1.47 bits per heavy atom. The first-order valence-corrected chi connectivity index (χ1v) is 6.88. The summed E-state index contributed by atoms with van der Waals surface area (Å²) >= 11 is 1.55. The maximum absolute atomic E-state index is 11.8.